The van der Waals surface area contributed by atoms with Crippen molar-refractivity contribution in [2.75, 3.05) is 12.3 Å². The number of benzene rings is 2. The largest absolute Gasteiger partial charge is 0.351 e. The Balaban J connectivity index is 1.45. The third kappa shape index (κ3) is 4.77. The van der Waals surface area contributed by atoms with E-state index in [9.17, 15) is 9.18 Å². The van der Waals surface area contributed by atoms with Crippen molar-refractivity contribution in [3.05, 3.63) is 69.5 Å². The average Bonchev–Trinajstić information content (AvgIpc) is 2.63. The Kier molecular flexibility index (Phi) is 6.38. The summed E-state index contributed by atoms with van der Waals surface area (Å²) in [5.74, 6) is 0.887. The highest BCUT2D eigenvalue weighted by atomic mass is 35.5. The number of halogens is 2. The smallest absolute Gasteiger partial charge is 0.251 e. The molecule has 0 aromatic heterocycles. The minimum absolute atomic E-state index is 0.0436. The first kappa shape index (κ1) is 18.3. The quantitative estimate of drug-likeness (QED) is 0.716. The van der Waals surface area contributed by atoms with Gasteiger partial charge in [0, 0.05) is 34.2 Å². The standard InChI is InChI=1S/C20H21ClFNOS/c21-18-6-3-7-19(22)17(18)13-25-11-10-23-20(24)16-9-8-14-4-1-2-5-15(14)12-16/h3,6-9,12H,1-2,4-5,10-11,13H2,(H,23,24). The molecule has 0 spiro atoms. The van der Waals surface area contributed by atoms with E-state index in [1.165, 1.54) is 30.0 Å². The number of carbonyl (C=O) groups excluding carboxylic acids is 1. The zero-order valence-electron chi connectivity index (χ0n) is 14.0. The van der Waals surface area contributed by atoms with E-state index in [1.807, 2.05) is 12.1 Å². The van der Waals surface area contributed by atoms with Crippen molar-refractivity contribution in [2.45, 2.75) is 31.4 Å². The lowest BCUT2D eigenvalue weighted by Gasteiger charge is -2.16. The van der Waals surface area contributed by atoms with Crippen LogP contribution in [0.5, 0.6) is 0 Å². The molecule has 1 aliphatic carbocycles. The predicted octanol–water partition coefficient (Wildman–Crippen LogP) is 5.02. The van der Waals surface area contributed by atoms with Crippen LogP contribution in [0.1, 0.15) is 39.9 Å². The maximum atomic E-state index is 13.7. The maximum Gasteiger partial charge on any atom is 0.251 e. The molecular formula is C20H21ClFNOS. The molecular weight excluding hydrogens is 357 g/mol. The Labute approximate surface area is 157 Å². The van der Waals surface area contributed by atoms with Crippen molar-refractivity contribution < 1.29 is 9.18 Å². The average molecular weight is 378 g/mol. The first-order valence-electron chi connectivity index (χ1n) is 8.56. The maximum absolute atomic E-state index is 13.7. The number of hydrogen-bond donors (Lipinski definition) is 1. The van der Waals surface area contributed by atoms with Gasteiger partial charge in [0.05, 0.1) is 0 Å². The summed E-state index contributed by atoms with van der Waals surface area (Å²) in [5.41, 5.74) is 3.93. The molecule has 132 valence electrons. The van der Waals surface area contributed by atoms with Crippen molar-refractivity contribution in [3.8, 4) is 0 Å². The highest BCUT2D eigenvalue weighted by molar-refractivity contribution is 7.98. The van der Waals surface area contributed by atoms with Gasteiger partial charge in [0.15, 0.2) is 0 Å². The Hall–Kier alpha value is -1.52. The predicted molar refractivity (Wildman–Crippen MR) is 103 cm³/mol. The fraction of sp³-hybridized carbons (Fsp3) is 0.350. The normalized spacial score (nSPS) is 13.4. The fourth-order valence-electron chi connectivity index (χ4n) is 3.06. The van der Waals surface area contributed by atoms with Gasteiger partial charge in [-0.15, -0.1) is 0 Å². The first-order valence-corrected chi connectivity index (χ1v) is 10.1. The summed E-state index contributed by atoms with van der Waals surface area (Å²) < 4.78 is 13.7. The van der Waals surface area contributed by atoms with Gasteiger partial charge in [-0.3, -0.25) is 4.79 Å². The number of aryl methyl sites for hydroxylation is 2. The molecule has 0 bridgehead atoms. The second-order valence-electron chi connectivity index (χ2n) is 6.20. The molecule has 25 heavy (non-hydrogen) atoms. The molecule has 2 nitrogen and oxygen atoms in total. The van der Waals surface area contributed by atoms with Crippen LogP contribution in [-0.4, -0.2) is 18.2 Å². The van der Waals surface area contributed by atoms with Crippen LogP contribution in [0.25, 0.3) is 0 Å². The van der Waals surface area contributed by atoms with E-state index in [4.69, 9.17) is 11.6 Å². The van der Waals surface area contributed by atoms with Crippen molar-refractivity contribution >= 4 is 29.3 Å². The first-order chi connectivity index (χ1) is 12.1. The number of nitrogens with one attached hydrogen (secondary N) is 1. The molecule has 0 saturated carbocycles. The van der Waals surface area contributed by atoms with Gasteiger partial charge in [0.25, 0.3) is 5.91 Å². The second kappa shape index (κ2) is 8.72. The number of hydrogen-bond acceptors (Lipinski definition) is 2. The highest BCUT2D eigenvalue weighted by Crippen LogP contribution is 2.24. The lowest BCUT2D eigenvalue weighted by atomic mass is 9.90. The molecule has 0 atom stereocenters. The third-order valence-corrected chi connectivity index (χ3v) is 5.79. The van der Waals surface area contributed by atoms with Crippen molar-refractivity contribution in [1.82, 2.24) is 5.32 Å². The van der Waals surface area contributed by atoms with Gasteiger partial charge in [0.2, 0.25) is 0 Å². The van der Waals surface area contributed by atoms with Crippen LogP contribution in [0.15, 0.2) is 36.4 Å². The summed E-state index contributed by atoms with van der Waals surface area (Å²) in [5, 5.41) is 3.38. The van der Waals surface area contributed by atoms with Gasteiger partial charge in [-0.05, 0) is 61.1 Å². The van der Waals surface area contributed by atoms with Crippen molar-refractivity contribution in [2.24, 2.45) is 0 Å². The van der Waals surface area contributed by atoms with E-state index >= 15 is 0 Å². The van der Waals surface area contributed by atoms with Gasteiger partial charge < -0.3 is 5.32 Å². The number of carbonyl (C=O) groups is 1. The van der Waals surface area contributed by atoms with Crippen molar-refractivity contribution in [3.63, 3.8) is 0 Å². The van der Waals surface area contributed by atoms with Crippen LogP contribution >= 0.6 is 23.4 Å². The minimum atomic E-state index is -0.280. The summed E-state index contributed by atoms with van der Waals surface area (Å²) in [6.07, 6.45) is 4.62. The monoisotopic (exact) mass is 377 g/mol. The lowest BCUT2D eigenvalue weighted by Crippen LogP contribution is -2.26. The molecule has 2 aromatic rings. The second-order valence-corrected chi connectivity index (χ2v) is 7.71. The summed E-state index contributed by atoms with van der Waals surface area (Å²) in [4.78, 5) is 12.3. The summed E-state index contributed by atoms with van der Waals surface area (Å²) in [6.45, 7) is 0.548. The van der Waals surface area contributed by atoms with E-state index in [0.717, 1.165) is 18.4 Å². The Bertz CT molecular complexity index is 745. The van der Waals surface area contributed by atoms with Crippen molar-refractivity contribution in [1.29, 1.82) is 0 Å². The molecule has 2 aromatic carbocycles. The van der Waals surface area contributed by atoms with E-state index in [2.05, 4.69) is 11.4 Å². The molecule has 0 heterocycles. The van der Waals surface area contributed by atoms with Crippen LogP contribution in [0.3, 0.4) is 0 Å². The molecule has 0 saturated heterocycles. The van der Waals surface area contributed by atoms with E-state index in [-0.39, 0.29) is 11.7 Å². The van der Waals surface area contributed by atoms with Gasteiger partial charge in [0.1, 0.15) is 5.82 Å². The van der Waals surface area contributed by atoms with E-state index < -0.39 is 0 Å². The zero-order chi connectivity index (χ0) is 17.6. The molecule has 1 aliphatic rings. The molecule has 1 N–H and O–H groups in total. The lowest BCUT2D eigenvalue weighted by molar-refractivity contribution is 0.0956. The Morgan fingerprint density at radius 2 is 1.96 bits per heavy atom. The molecule has 1 amide bonds. The molecule has 5 heteroatoms. The molecule has 3 rings (SSSR count). The topological polar surface area (TPSA) is 29.1 Å². The summed E-state index contributed by atoms with van der Waals surface area (Å²) in [6, 6.07) is 10.7. The third-order valence-electron chi connectivity index (χ3n) is 4.45. The van der Waals surface area contributed by atoms with E-state index in [0.29, 0.717) is 28.6 Å². The fourth-order valence-corrected chi connectivity index (χ4v) is 4.26. The van der Waals surface area contributed by atoms with Crippen LogP contribution in [0.4, 0.5) is 4.39 Å². The Morgan fingerprint density at radius 3 is 2.76 bits per heavy atom. The number of fused-ring (bicyclic) bond motifs is 1. The van der Waals surface area contributed by atoms with Gasteiger partial charge in [-0.25, -0.2) is 4.39 Å². The van der Waals surface area contributed by atoms with Crippen LogP contribution in [0, 0.1) is 5.82 Å². The molecule has 0 aliphatic heterocycles. The van der Waals surface area contributed by atoms with Crippen LogP contribution in [-0.2, 0) is 18.6 Å². The van der Waals surface area contributed by atoms with Gasteiger partial charge in [-0.2, -0.15) is 11.8 Å². The Morgan fingerprint density at radius 1 is 1.16 bits per heavy atom. The number of rotatable bonds is 6. The summed E-state index contributed by atoms with van der Waals surface area (Å²) >= 11 is 7.56. The molecule has 0 fully saturated rings. The number of thioether (sulfide) groups is 1. The van der Waals surface area contributed by atoms with Crippen LogP contribution < -0.4 is 5.32 Å². The minimum Gasteiger partial charge on any atom is -0.351 e. The highest BCUT2D eigenvalue weighted by Gasteiger charge is 2.12. The van der Waals surface area contributed by atoms with Gasteiger partial charge >= 0.3 is 0 Å². The molecule has 0 unspecified atom stereocenters. The molecule has 0 radical (unpaired) electrons. The van der Waals surface area contributed by atoms with Gasteiger partial charge in [-0.1, -0.05) is 23.7 Å². The van der Waals surface area contributed by atoms with Crippen LogP contribution in [0.2, 0.25) is 5.02 Å². The van der Waals surface area contributed by atoms with E-state index in [1.54, 1.807) is 23.9 Å². The SMILES string of the molecule is O=C(NCCSCc1c(F)cccc1Cl)c1ccc2c(c1)CCCC2. The zero-order valence-corrected chi connectivity index (χ0v) is 15.6. The number of amides is 1. The summed E-state index contributed by atoms with van der Waals surface area (Å²) in [7, 11) is 0.